The quantitative estimate of drug-likeness (QED) is 0.897. The van der Waals surface area contributed by atoms with Crippen LogP contribution in [0.25, 0.3) is 0 Å². The Kier molecular flexibility index (Phi) is 4.83. The molecule has 0 saturated carbocycles. The monoisotopic (exact) mass is 292 g/mol. The fourth-order valence-electron chi connectivity index (χ4n) is 1.26. The van der Waals surface area contributed by atoms with Crippen molar-refractivity contribution < 1.29 is 5.11 Å². The first-order chi connectivity index (χ1) is 7.04. The van der Waals surface area contributed by atoms with Gasteiger partial charge in [-0.2, -0.15) is 0 Å². The number of nitrogens with zero attached hydrogens (tertiary/aromatic N) is 1. The lowest BCUT2D eigenvalue weighted by atomic mass is 10.1. The highest BCUT2D eigenvalue weighted by molar-refractivity contribution is 9.10. The van der Waals surface area contributed by atoms with Crippen molar-refractivity contribution in [3.63, 3.8) is 0 Å². The van der Waals surface area contributed by atoms with E-state index in [-0.39, 0.29) is 6.04 Å². The summed E-state index contributed by atoms with van der Waals surface area (Å²) < 4.78 is 0.800. The van der Waals surface area contributed by atoms with Crippen molar-refractivity contribution in [2.75, 3.05) is 5.32 Å². The molecule has 0 saturated heterocycles. The van der Waals surface area contributed by atoms with Crippen LogP contribution in [0.2, 0.25) is 5.02 Å². The second-order valence-corrected chi connectivity index (χ2v) is 4.67. The average Bonchev–Trinajstić information content (AvgIpc) is 2.16. The van der Waals surface area contributed by atoms with Gasteiger partial charge in [-0.25, -0.2) is 4.98 Å². The Morgan fingerprint density at radius 3 is 2.80 bits per heavy atom. The molecule has 0 bridgehead atoms. The van der Waals surface area contributed by atoms with Crippen LogP contribution in [0.1, 0.15) is 20.3 Å². The fraction of sp³-hybridized carbons (Fsp3) is 0.500. The molecule has 0 amide bonds. The van der Waals surface area contributed by atoms with Gasteiger partial charge in [-0.1, -0.05) is 18.5 Å². The molecule has 0 radical (unpaired) electrons. The summed E-state index contributed by atoms with van der Waals surface area (Å²) in [4.78, 5) is 4.15. The summed E-state index contributed by atoms with van der Waals surface area (Å²) in [5.74, 6) is 0.701. The van der Waals surface area contributed by atoms with Crippen molar-refractivity contribution in [1.29, 1.82) is 0 Å². The van der Waals surface area contributed by atoms with Gasteiger partial charge in [-0.05, 0) is 35.3 Å². The number of halogens is 2. The van der Waals surface area contributed by atoms with Crippen LogP contribution in [0.5, 0.6) is 0 Å². The van der Waals surface area contributed by atoms with Gasteiger partial charge < -0.3 is 10.4 Å². The lowest BCUT2D eigenvalue weighted by molar-refractivity contribution is 0.169. The molecule has 2 unspecified atom stereocenters. The minimum absolute atomic E-state index is 0.00465. The molecule has 0 spiro atoms. The smallest absolute Gasteiger partial charge is 0.140 e. The van der Waals surface area contributed by atoms with Crippen LogP contribution >= 0.6 is 27.5 Å². The number of aliphatic hydroxyl groups is 1. The maximum Gasteiger partial charge on any atom is 0.140 e. The average molecular weight is 294 g/mol. The molecule has 0 aliphatic heterocycles. The molecule has 0 aliphatic rings. The van der Waals surface area contributed by atoms with E-state index >= 15 is 0 Å². The van der Waals surface area contributed by atoms with Crippen molar-refractivity contribution in [2.45, 2.75) is 32.4 Å². The topological polar surface area (TPSA) is 45.2 Å². The van der Waals surface area contributed by atoms with Crippen molar-refractivity contribution in [3.05, 3.63) is 21.8 Å². The highest BCUT2D eigenvalue weighted by Gasteiger charge is 2.14. The Balaban J connectivity index is 2.79. The predicted molar refractivity (Wildman–Crippen MR) is 66.3 cm³/mol. The molecular formula is C10H14BrClN2O. The highest BCUT2D eigenvalue weighted by atomic mass is 79.9. The third kappa shape index (κ3) is 3.63. The number of aliphatic hydroxyl groups excluding tert-OH is 1. The van der Waals surface area contributed by atoms with Crippen LogP contribution in [0, 0.1) is 0 Å². The third-order valence-electron chi connectivity index (χ3n) is 2.15. The van der Waals surface area contributed by atoms with Crippen LogP contribution in [0.4, 0.5) is 5.82 Å². The van der Waals surface area contributed by atoms with E-state index in [0.29, 0.717) is 10.8 Å². The molecule has 84 valence electrons. The largest absolute Gasteiger partial charge is 0.391 e. The number of rotatable bonds is 4. The van der Waals surface area contributed by atoms with Gasteiger partial charge in [0.1, 0.15) is 5.82 Å². The van der Waals surface area contributed by atoms with E-state index in [1.165, 1.54) is 0 Å². The summed E-state index contributed by atoms with van der Waals surface area (Å²) in [6.07, 6.45) is 1.98. The zero-order valence-corrected chi connectivity index (χ0v) is 11.0. The van der Waals surface area contributed by atoms with Gasteiger partial charge in [-0.3, -0.25) is 0 Å². The number of aromatic nitrogens is 1. The minimum atomic E-state index is -0.417. The number of hydrogen-bond acceptors (Lipinski definition) is 3. The van der Waals surface area contributed by atoms with Gasteiger partial charge >= 0.3 is 0 Å². The van der Waals surface area contributed by atoms with Crippen LogP contribution in [-0.4, -0.2) is 22.2 Å². The minimum Gasteiger partial charge on any atom is -0.391 e. The molecule has 0 aromatic carbocycles. The molecule has 1 aromatic rings. The molecule has 2 atom stereocenters. The van der Waals surface area contributed by atoms with E-state index in [1.54, 1.807) is 19.2 Å². The van der Waals surface area contributed by atoms with E-state index in [1.807, 2.05) is 6.92 Å². The third-order valence-corrected chi connectivity index (χ3v) is 2.96. The summed E-state index contributed by atoms with van der Waals surface area (Å²) >= 11 is 9.14. The van der Waals surface area contributed by atoms with Gasteiger partial charge in [-0.15, -0.1) is 0 Å². The normalized spacial score (nSPS) is 14.7. The SMILES string of the molecule is CCC(Nc1ncc(Cl)cc1Br)C(C)O. The van der Waals surface area contributed by atoms with Crippen molar-refractivity contribution >= 4 is 33.3 Å². The maximum atomic E-state index is 9.49. The summed E-state index contributed by atoms with van der Waals surface area (Å²) in [6, 6.07) is 1.76. The lowest BCUT2D eigenvalue weighted by Crippen LogP contribution is -2.31. The van der Waals surface area contributed by atoms with Crippen LogP contribution in [0.3, 0.4) is 0 Å². The second-order valence-electron chi connectivity index (χ2n) is 3.38. The molecule has 5 heteroatoms. The number of nitrogens with one attached hydrogen (secondary N) is 1. The molecular weight excluding hydrogens is 279 g/mol. The summed E-state index contributed by atoms with van der Waals surface area (Å²) in [5.41, 5.74) is 0. The Morgan fingerprint density at radius 2 is 2.33 bits per heavy atom. The fourth-order valence-corrected chi connectivity index (χ4v) is 2.01. The predicted octanol–water partition coefficient (Wildman–Crippen LogP) is 3.07. The molecule has 1 rings (SSSR count). The maximum absolute atomic E-state index is 9.49. The van der Waals surface area contributed by atoms with Gasteiger partial charge in [0.05, 0.1) is 21.6 Å². The van der Waals surface area contributed by atoms with Crippen molar-refractivity contribution in [2.24, 2.45) is 0 Å². The van der Waals surface area contributed by atoms with Gasteiger partial charge in [0.15, 0.2) is 0 Å². The number of pyridine rings is 1. The summed E-state index contributed by atoms with van der Waals surface area (Å²) in [5, 5.41) is 13.2. The lowest BCUT2D eigenvalue weighted by Gasteiger charge is -2.20. The molecule has 0 aliphatic carbocycles. The second kappa shape index (κ2) is 5.68. The van der Waals surface area contributed by atoms with Crippen molar-refractivity contribution in [3.8, 4) is 0 Å². The number of anilines is 1. The first-order valence-electron chi connectivity index (χ1n) is 4.80. The Hall–Kier alpha value is -0.320. The summed E-state index contributed by atoms with van der Waals surface area (Å²) in [7, 11) is 0. The highest BCUT2D eigenvalue weighted by Crippen LogP contribution is 2.24. The van der Waals surface area contributed by atoms with Gasteiger partial charge in [0.2, 0.25) is 0 Å². The zero-order valence-electron chi connectivity index (χ0n) is 8.67. The van der Waals surface area contributed by atoms with Gasteiger partial charge in [0, 0.05) is 6.20 Å². The van der Waals surface area contributed by atoms with Crippen LogP contribution < -0.4 is 5.32 Å². The molecule has 1 aromatic heterocycles. The molecule has 3 nitrogen and oxygen atoms in total. The Labute approximate surface area is 103 Å². The standard InChI is InChI=1S/C10H14BrClN2O/c1-3-9(6(2)15)14-10-8(11)4-7(12)5-13-10/h4-6,9,15H,3H2,1-2H3,(H,13,14). The van der Waals surface area contributed by atoms with E-state index in [9.17, 15) is 5.11 Å². The molecule has 0 fully saturated rings. The van der Waals surface area contributed by atoms with Crippen LogP contribution in [-0.2, 0) is 0 Å². The first-order valence-corrected chi connectivity index (χ1v) is 5.97. The Bertz CT molecular complexity index is 333. The zero-order chi connectivity index (χ0) is 11.4. The molecule has 2 N–H and O–H groups in total. The van der Waals surface area contributed by atoms with E-state index in [2.05, 4.69) is 26.2 Å². The first kappa shape index (κ1) is 12.7. The number of hydrogen-bond donors (Lipinski definition) is 2. The van der Waals surface area contributed by atoms with Crippen molar-refractivity contribution in [1.82, 2.24) is 4.98 Å². The molecule has 15 heavy (non-hydrogen) atoms. The van der Waals surface area contributed by atoms with Gasteiger partial charge in [0.25, 0.3) is 0 Å². The van der Waals surface area contributed by atoms with Crippen LogP contribution in [0.15, 0.2) is 16.7 Å². The summed E-state index contributed by atoms with van der Waals surface area (Å²) in [6.45, 7) is 3.76. The Morgan fingerprint density at radius 1 is 1.67 bits per heavy atom. The van der Waals surface area contributed by atoms with E-state index in [0.717, 1.165) is 10.9 Å². The van der Waals surface area contributed by atoms with E-state index in [4.69, 9.17) is 11.6 Å². The molecule has 1 heterocycles. The van der Waals surface area contributed by atoms with E-state index < -0.39 is 6.10 Å².